The summed E-state index contributed by atoms with van der Waals surface area (Å²) in [4.78, 5) is 4.52. The Hall–Kier alpha value is -0.970. The molecule has 2 aromatic rings. The van der Waals surface area contributed by atoms with E-state index in [0.29, 0.717) is 0 Å². The number of hydrogen-bond donors (Lipinski definition) is 1. The average Bonchev–Trinajstić information content (AvgIpc) is 2.51. The Bertz CT molecular complexity index is 582. The molecule has 1 aromatic heterocycles. The molecule has 1 aromatic carbocycles. The number of halogens is 1. The van der Waals surface area contributed by atoms with Crippen LogP contribution < -0.4 is 5.32 Å². The third kappa shape index (κ3) is 3.19. The second-order valence-corrected chi connectivity index (χ2v) is 6.15. The predicted octanol–water partition coefficient (Wildman–Crippen LogP) is 3.51. The Morgan fingerprint density at radius 2 is 2.10 bits per heavy atom. The smallest absolute Gasteiger partial charge is 0.0758 e. The molecular weight excluding hydrogens is 316 g/mol. The monoisotopic (exact) mass is 334 g/mol. The van der Waals surface area contributed by atoms with Crippen LogP contribution in [0.25, 0.3) is 10.9 Å². The highest BCUT2D eigenvalue weighted by Crippen LogP contribution is 2.25. The van der Waals surface area contributed by atoms with E-state index in [-0.39, 0.29) is 0 Å². The van der Waals surface area contributed by atoms with Crippen molar-refractivity contribution in [3.8, 4) is 0 Å². The van der Waals surface area contributed by atoms with Crippen LogP contribution in [0.1, 0.15) is 18.4 Å². The first-order chi connectivity index (χ1) is 9.84. The second kappa shape index (κ2) is 6.66. The maximum atomic E-state index is 5.39. The van der Waals surface area contributed by atoms with E-state index in [1.54, 1.807) is 0 Å². The van der Waals surface area contributed by atoms with Crippen LogP contribution in [0.4, 0.5) is 0 Å². The number of ether oxygens (including phenoxy) is 1. The average molecular weight is 335 g/mol. The Balaban J connectivity index is 1.67. The molecule has 3 nitrogen and oxygen atoms in total. The molecule has 0 spiro atoms. The second-order valence-electron chi connectivity index (χ2n) is 5.29. The van der Waals surface area contributed by atoms with Crippen LogP contribution >= 0.6 is 15.9 Å². The van der Waals surface area contributed by atoms with E-state index in [4.69, 9.17) is 4.74 Å². The molecule has 0 bridgehead atoms. The van der Waals surface area contributed by atoms with E-state index in [2.05, 4.69) is 44.4 Å². The van der Waals surface area contributed by atoms with Crippen LogP contribution in [0, 0.1) is 5.92 Å². The maximum absolute atomic E-state index is 5.39. The Morgan fingerprint density at radius 1 is 1.25 bits per heavy atom. The SMILES string of the molecule is Brc1ccc(CNCC2CCOCC2)c2ncccc12. The summed E-state index contributed by atoms with van der Waals surface area (Å²) >= 11 is 3.59. The van der Waals surface area contributed by atoms with Gasteiger partial charge in [0.1, 0.15) is 0 Å². The summed E-state index contributed by atoms with van der Waals surface area (Å²) in [6, 6.07) is 8.34. The first-order valence-corrected chi connectivity index (χ1v) is 7.94. The summed E-state index contributed by atoms with van der Waals surface area (Å²) in [6.45, 7) is 3.76. The van der Waals surface area contributed by atoms with Crippen molar-refractivity contribution in [1.29, 1.82) is 0 Å². The largest absolute Gasteiger partial charge is 0.381 e. The van der Waals surface area contributed by atoms with E-state index < -0.39 is 0 Å². The summed E-state index contributed by atoms with van der Waals surface area (Å²) in [7, 11) is 0. The fraction of sp³-hybridized carbons (Fsp3) is 0.438. The molecule has 0 saturated carbocycles. The third-order valence-corrected chi connectivity index (χ3v) is 4.58. The molecule has 20 heavy (non-hydrogen) atoms. The van der Waals surface area contributed by atoms with E-state index in [0.717, 1.165) is 42.2 Å². The molecule has 0 radical (unpaired) electrons. The van der Waals surface area contributed by atoms with Crippen molar-refractivity contribution < 1.29 is 4.74 Å². The Labute approximate surface area is 127 Å². The van der Waals surface area contributed by atoms with E-state index in [1.165, 1.54) is 23.8 Å². The quantitative estimate of drug-likeness (QED) is 0.928. The number of fused-ring (bicyclic) bond motifs is 1. The van der Waals surface area contributed by atoms with Gasteiger partial charge in [0.2, 0.25) is 0 Å². The fourth-order valence-corrected chi connectivity index (χ4v) is 3.15. The van der Waals surface area contributed by atoms with Gasteiger partial charge in [-0.2, -0.15) is 0 Å². The first-order valence-electron chi connectivity index (χ1n) is 7.15. The third-order valence-electron chi connectivity index (χ3n) is 3.89. The lowest BCUT2D eigenvalue weighted by Gasteiger charge is -2.22. The minimum atomic E-state index is 0.749. The Kier molecular flexibility index (Phi) is 4.65. The molecule has 106 valence electrons. The van der Waals surface area contributed by atoms with Crippen LogP contribution in [-0.4, -0.2) is 24.7 Å². The minimum absolute atomic E-state index is 0.749. The van der Waals surface area contributed by atoms with Crippen LogP contribution in [0.15, 0.2) is 34.9 Å². The van der Waals surface area contributed by atoms with Gasteiger partial charge in [0.15, 0.2) is 0 Å². The molecule has 0 atom stereocenters. The van der Waals surface area contributed by atoms with Gasteiger partial charge in [0.25, 0.3) is 0 Å². The summed E-state index contributed by atoms with van der Waals surface area (Å²) in [5.41, 5.74) is 2.34. The summed E-state index contributed by atoms with van der Waals surface area (Å²) in [6.07, 6.45) is 4.20. The number of nitrogens with zero attached hydrogens (tertiary/aromatic N) is 1. The van der Waals surface area contributed by atoms with Gasteiger partial charge in [-0.1, -0.05) is 28.1 Å². The zero-order chi connectivity index (χ0) is 13.8. The zero-order valence-corrected chi connectivity index (χ0v) is 13.0. The summed E-state index contributed by atoms with van der Waals surface area (Å²) in [5.74, 6) is 0.749. The molecule has 3 rings (SSSR count). The standard InChI is InChI=1S/C16H19BrN2O/c17-15-4-3-13(16-14(15)2-1-7-19-16)11-18-10-12-5-8-20-9-6-12/h1-4,7,12,18H,5-6,8-11H2. The van der Waals surface area contributed by atoms with Crippen molar-refractivity contribution in [3.05, 3.63) is 40.5 Å². The predicted molar refractivity (Wildman–Crippen MR) is 84.7 cm³/mol. The molecule has 2 heterocycles. The highest BCUT2D eigenvalue weighted by atomic mass is 79.9. The van der Waals surface area contributed by atoms with Gasteiger partial charge in [0.05, 0.1) is 5.52 Å². The van der Waals surface area contributed by atoms with Gasteiger partial charge in [-0.15, -0.1) is 0 Å². The normalized spacial score (nSPS) is 16.6. The van der Waals surface area contributed by atoms with Crippen molar-refractivity contribution in [2.24, 2.45) is 5.92 Å². The van der Waals surface area contributed by atoms with E-state index in [9.17, 15) is 0 Å². The van der Waals surface area contributed by atoms with Gasteiger partial charge in [-0.05, 0) is 43.0 Å². The molecule has 4 heteroatoms. The fourth-order valence-electron chi connectivity index (χ4n) is 2.70. The van der Waals surface area contributed by atoms with Crippen LogP contribution in [0.5, 0.6) is 0 Å². The number of rotatable bonds is 4. The number of nitrogens with one attached hydrogen (secondary N) is 1. The van der Waals surface area contributed by atoms with Gasteiger partial charge >= 0.3 is 0 Å². The molecule has 1 aliphatic heterocycles. The summed E-state index contributed by atoms with van der Waals surface area (Å²) in [5, 5.41) is 4.75. The van der Waals surface area contributed by atoms with Crippen molar-refractivity contribution in [3.63, 3.8) is 0 Å². The topological polar surface area (TPSA) is 34.1 Å². The molecule has 1 aliphatic rings. The highest BCUT2D eigenvalue weighted by molar-refractivity contribution is 9.10. The number of aromatic nitrogens is 1. The van der Waals surface area contributed by atoms with E-state index in [1.807, 2.05) is 12.3 Å². The molecule has 0 unspecified atom stereocenters. The summed E-state index contributed by atoms with van der Waals surface area (Å²) < 4.78 is 6.50. The first kappa shape index (κ1) is 14.0. The van der Waals surface area contributed by atoms with Crippen LogP contribution in [0.3, 0.4) is 0 Å². The number of hydrogen-bond acceptors (Lipinski definition) is 3. The molecule has 0 amide bonds. The minimum Gasteiger partial charge on any atom is -0.381 e. The van der Waals surface area contributed by atoms with Crippen molar-refractivity contribution in [2.45, 2.75) is 19.4 Å². The lowest BCUT2D eigenvalue weighted by atomic mass is 10.0. The highest BCUT2D eigenvalue weighted by Gasteiger charge is 2.13. The lowest BCUT2D eigenvalue weighted by Crippen LogP contribution is -2.27. The molecule has 0 aliphatic carbocycles. The van der Waals surface area contributed by atoms with Gasteiger partial charge in [-0.3, -0.25) is 4.98 Å². The molecule has 1 N–H and O–H groups in total. The zero-order valence-electron chi connectivity index (χ0n) is 11.4. The molecule has 1 fully saturated rings. The van der Waals surface area contributed by atoms with Crippen LogP contribution in [-0.2, 0) is 11.3 Å². The lowest BCUT2D eigenvalue weighted by molar-refractivity contribution is 0.0662. The van der Waals surface area contributed by atoms with Crippen LogP contribution in [0.2, 0.25) is 0 Å². The maximum Gasteiger partial charge on any atom is 0.0758 e. The van der Waals surface area contributed by atoms with Crippen molar-refractivity contribution >= 4 is 26.8 Å². The van der Waals surface area contributed by atoms with E-state index >= 15 is 0 Å². The van der Waals surface area contributed by atoms with Crippen molar-refractivity contribution in [2.75, 3.05) is 19.8 Å². The molecular formula is C16H19BrN2O. The van der Waals surface area contributed by atoms with Gasteiger partial charge in [0, 0.05) is 35.8 Å². The molecule has 1 saturated heterocycles. The van der Waals surface area contributed by atoms with Gasteiger partial charge < -0.3 is 10.1 Å². The Morgan fingerprint density at radius 3 is 2.95 bits per heavy atom. The van der Waals surface area contributed by atoms with Gasteiger partial charge in [-0.25, -0.2) is 0 Å². The number of benzene rings is 1. The van der Waals surface area contributed by atoms with Crippen molar-refractivity contribution in [1.82, 2.24) is 10.3 Å². The number of pyridine rings is 1.